The summed E-state index contributed by atoms with van der Waals surface area (Å²) in [7, 11) is 0. The van der Waals surface area contributed by atoms with Crippen LogP contribution in [0.3, 0.4) is 0 Å². The molecule has 50 heavy (non-hydrogen) atoms. The lowest BCUT2D eigenvalue weighted by Gasteiger charge is -2.16. The van der Waals surface area contributed by atoms with Gasteiger partial charge in [-0.25, -0.2) is 0 Å². The van der Waals surface area contributed by atoms with E-state index in [1.54, 1.807) is 0 Å². The van der Waals surface area contributed by atoms with Gasteiger partial charge in [0.1, 0.15) is 0 Å². The summed E-state index contributed by atoms with van der Waals surface area (Å²) in [5.74, 6) is 0. The molecule has 9 rings (SSSR count). The number of hydrogen-bond acceptors (Lipinski definition) is 2. The highest BCUT2D eigenvalue weighted by atomic mass is 14.7. The van der Waals surface area contributed by atoms with E-state index >= 15 is 0 Å². The summed E-state index contributed by atoms with van der Waals surface area (Å²) in [6, 6.07) is 62.0. The smallest absolute Gasteiger partial charge is 0.0681 e. The lowest BCUT2D eigenvalue weighted by Crippen LogP contribution is -2.09. The lowest BCUT2D eigenvalue weighted by molar-refractivity contribution is 0.914. The Hall–Kier alpha value is -6.35. The molecule has 0 aliphatic heterocycles. The minimum absolute atomic E-state index is 0.390. The molecule has 2 N–H and O–H groups in total. The van der Waals surface area contributed by atoms with Crippen LogP contribution in [0.4, 0.5) is 0 Å². The fourth-order valence-corrected chi connectivity index (χ4v) is 7.44. The summed E-state index contributed by atoms with van der Waals surface area (Å²) in [6.07, 6.45) is 4.16. The third kappa shape index (κ3) is 5.33. The summed E-state index contributed by atoms with van der Waals surface area (Å²) >= 11 is 0. The van der Waals surface area contributed by atoms with Crippen LogP contribution < -0.4 is 5.73 Å². The van der Waals surface area contributed by atoms with Gasteiger partial charge in [-0.15, -0.1) is 0 Å². The van der Waals surface area contributed by atoms with Crippen molar-refractivity contribution in [3.8, 4) is 11.1 Å². The van der Waals surface area contributed by atoms with Gasteiger partial charge >= 0.3 is 0 Å². The standard InChI is InChI=1S/C48H34N2/c49-47(44-21-11-10-18-39(44)32-12-2-1-3-13-32)30-48(37-25-26-42-36(28-37)23-22-33-14-4-7-17-38(33)42)50-31-46-41-20-9-6-16-35(41)29-45-40-19-8-5-15-34(40)24-27-43(45)46/h1-31,47H,49H2/b48-30-,50-31?. The maximum absolute atomic E-state index is 7.12. The van der Waals surface area contributed by atoms with Crippen molar-refractivity contribution in [2.45, 2.75) is 6.04 Å². The van der Waals surface area contributed by atoms with Gasteiger partial charge < -0.3 is 5.73 Å². The van der Waals surface area contributed by atoms with Gasteiger partial charge in [-0.2, -0.15) is 0 Å². The molecule has 9 aromatic carbocycles. The van der Waals surface area contributed by atoms with Crippen LogP contribution >= 0.6 is 0 Å². The lowest BCUT2D eigenvalue weighted by atomic mass is 9.93. The highest BCUT2D eigenvalue weighted by molar-refractivity contribution is 6.20. The molecule has 1 atom stereocenters. The first-order valence-corrected chi connectivity index (χ1v) is 17.1. The van der Waals surface area contributed by atoms with Crippen molar-refractivity contribution in [1.82, 2.24) is 0 Å². The number of hydrogen-bond donors (Lipinski definition) is 1. The van der Waals surface area contributed by atoms with Crippen molar-refractivity contribution < 1.29 is 0 Å². The van der Waals surface area contributed by atoms with Crippen LogP contribution in [0.1, 0.15) is 22.7 Å². The van der Waals surface area contributed by atoms with Gasteiger partial charge in [0, 0.05) is 17.3 Å². The van der Waals surface area contributed by atoms with Crippen LogP contribution in [0.15, 0.2) is 187 Å². The Morgan fingerprint density at radius 1 is 0.460 bits per heavy atom. The van der Waals surface area contributed by atoms with Gasteiger partial charge in [0.25, 0.3) is 0 Å². The first-order valence-electron chi connectivity index (χ1n) is 17.1. The van der Waals surface area contributed by atoms with Gasteiger partial charge in [-0.1, -0.05) is 164 Å². The van der Waals surface area contributed by atoms with Gasteiger partial charge in [0.2, 0.25) is 0 Å². The number of rotatable bonds is 6. The molecule has 0 saturated heterocycles. The highest BCUT2D eigenvalue weighted by Crippen LogP contribution is 2.35. The Balaban J connectivity index is 1.24. The molecule has 0 spiro atoms. The fraction of sp³-hybridized carbons (Fsp3) is 0.0208. The number of nitrogens with zero attached hydrogens (tertiary/aromatic N) is 1. The summed E-state index contributed by atoms with van der Waals surface area (Å²) in [5.41, 5.74) is 13.4. The molecule has 0 radical (unpaired) electrons. The van der Waals surface area contributed by atoms with Crippen LogP contribution in [0.5, 0.6) is 0 Å². The highest BCUT2D eigenvalue weighted by Gasteiger charge is 2.14. The van der Waals surface area contributed by atoms with Crippen molar-refractivity contribution in [3.63, 3.8) is 0 Å². The zero-order valence-electron chi connectivity index (χ0n) is 27.5. The minimum atomic E-state index is -0.390. The van der Waals surface area contributed by atoms with E-state index in [4.69, 9.17) is 10.7 Å². The summed E-state index contributed by atoms with van der Waals surface area (Å²) in [5, 5.41) is 12.1. The largest absolute Gasteiger partial charge is 0.321 e. The molecule has 2 nitrogen and oxygen atoms in total. The van der Waals surface area contributed by atoms with E-state index < -0.39 is 0 Å². The number of nitrogens with two attached hydrogens (primary N) is 1. The van der Waals surface area contributed by atoms with Gasteiger partial charge in [0.15, 0.2) is 0 Å². The summed E-state index contributed by atoms with van der Waals surface area (Å²) in [4.78, 5) is 5.34. The zero-order valence-corrected chi connectivity index (χ0v) is 27.5. The molecule has 0 amide bonds. The molecule has 0 aliphatic carbocycles. The first-order chi connectivity index (χ1) is 24.7. The average molecular weight is 639 g/mol. The Labute approximate surface area is 291 Å². The zero-order chi connectivity index (χ0) is 33.4. The Kier molecular flexibility index (Phi) is 7.50. The van der Waals surface area contributed by atoms with Crippen molar-refractivity contribution in [2.24, 2.45) is 10.7 Å². The molecule has 0 aliphatic rings. The van der Waals surface area contributed by atoms with Crippen molar-refractivity contribution in [1.29, 1.82) is 0 Å². The first kappa shape index (κ1) is 29.8. The maximum Gasteiger partial charge on any atom is 0.0681 e. The van der Waals surface area contributed by atoms with Crippen molar-refractivity contribution in [3.05, 3.63) is 199 Å². The molecule has 0 saturated carbocycles. The van der Waals surface area contributed by atoms with E-state index in [2.05, 4.69) is 176 Å². The fourth-order valence-electron chi connectivity index (χ4n) is 7.44. The van der Waals surface area contributed by atoms with Gasteiger partial charge in [-0.05, 0) is 88.8 Å². The minimum Gasteiger partial charge on any atom is -0.321 e. The molecule has 0 heterocycles. The van der Waals surface area contributed by atoms with Crippen molar-refractivity contribution >= 4 is 65.8 Å². The maximum atomic E-state index is 7.12. The molecule has 0 bridgehead atoms. The van der Waals surface area contributed by atoms with E-state index in [0.29, 0.717) is 0 Å². The quantitative estimate of drug-likeness (QED) is 0.110. The molecular formula is C48H34N2. The Morgan fingerprint density at radius 3 is 1.82 bits per heavy atom. The third-order valence-electron chi connectivity index (χ3n) is 9.93. The summed E-state index contributed by atoms with van der Waals surface area (Å²) < 4.78 is 0. The predicted molar refractivity (Wildman–Crippen MR) is 215 cm³/mol. The van der Waals surface area contributed by atoms with Crippen LogP contribution in [0.2, 0.25) is 0 Å². The van der Waals surface area contributed by atoms with E-state index in [9.17, 15) is 0 Å². The topological polar surface area (TPSA) is 38.4 Å². The van der Waals surface area contributed by atoms with Crippen LogP contribution in [-0.2, 0) is 0 Å². The Bertz CT molecular complexity index is 2770. The second-order valence-electron chi connectivity index (χ2n) is 12.9. The monoisotopic (exact) mass is 638 g/mol. The number of benzene rings is 9. The van der Waals surface area contributed by atoms with Gasteiger partial charge in [-0.3, -0.25) is 4.99 Å². The van der Waals surface area contributed by atoms with E-state index in [1.807, 2.05) is 12.3 Å². The van der Waals surface area contributed by atoms with Crippen LogP contribution in [0, 0.1) is 0 Å². The summed E-state index contributed by atoms with van der Waals surface area (Å²) in [6.45, 7) is 0. The molecule has 1 unspecified atom stereocenters. The Morgan fingerprint density at radius 2 is 1.02 bits per heavy atom. The predicted octanol–water partition coefficient (Wildman–Crippen LogP) is 12.3. The SMILES string of the molecule is NC(/C=C(\N=Cc1c2ccccc2cc2c1ccc1ccccc12)c1ccc2c(ccc3ccccc32)c1)c1ccccc1-c1ccccc1. The third-order valence-corrected chi connectivity index (χ3v) is 9.93. The normalized spacial score (nSPS) is 12.9. The molecule has 9 aromatic rings. The second-order valence-corrected chi connectivity index (χ2v) is 12.9. The van der Waals surface area contributed by atoms with Crippen molar-refractivity contribution in [2.75, 3.05) is 0 Å². The molecular weight excluding hydrogens is 605 g/mol. The second kappa shape index (κ2) is 12.6. The van der Waals surface area contributed by atoms with E-state index in [-0.39, 0.29) is 6.04 Å². The molecule has 0 aromatic heterocycles. The van der Waals surface area contributed by atoms with Crippen LogP contribution in [-0.4, -0.2) is 6.21 Å². The van der Waals surface area contributed by atoms with Crippen LogP contribution in [0.25, 0.3) is 70.7 Å². The molecule has 2 heteroatoms. The molecule has 236 valence electrons. The van der Waals surface area contributed by atoms with E-state index in [0.717, 1.165) is 33.5 Å². The number of aliphatic imine (C=N–C) groups is 1. The van der Waals surface area contributed by atoms with E-state index in [1.165, 1.54) is 53.9 Å². The molecule has 0 fully saturated rings. The van der Waals surface area contributed by atoms with Gasteiger partial charge in [0.05, 0.1) is 11.7 Å². The average Bonchev–Trinajstić information content (AvgIpc) is 3.19. The number of fused-ring (bicyclic) bond motifs is 7.